The molecule has 0 aliphatic heterocycles. The van der Waals surface area contributed by atoms with Crippen molar-refractivity contribution in [3.63, 3.8) is 0 Å². The highest BCUT2D eigenvalue weighted by Gasteiger charge is 2.00. The van der Waals surface area contributed by atoms with Crippen LogP contribution in [0.2, 0.25) is 0 Å². The number of nitrogens with zero attached hydrogens (tertiary/aromatic N) is 2. The van der Waals surface area contributed by atoms with Crippen LogP contribution in [0.15, 0.2) is 12.4 Å². The summed E-state index contributed by atoms with van der Waals surface area (Å²) >= 11 is 0. The molecule has 14 heavy (non-hydrogen) atoms. The monoisotopic (exact) mass is 193 g/mol. The molecule has 0 aromatic carbocycles. The number of unbranched alkanes of at least 4 members (excludes halogenated alkanes) is 1. The molecule has 1 rings (SSSR count). The summed E-state index contributed by atoms with van der Waals surface area (Å²) in [5.74, 6) is 0.945. The van der Waals surface area contributed by atoms with Crippen LogP contribution < -0.4 is 5.73 Å². The third kappa shape index (κ3) is 3.83. The molecule has 0 saturated heterocycles. The van der Waals surface area contributed by atoms with E-state index < -0.39 is 0 Å². The fraction of sp³-hybridized carbons (Fsp3) is 0.636. The van der Waals surface area contributed by atoms with Gasteiger partial charge >= 0.3 is 0 Å². The molecule has 1 aromatic heterocycles. The van der Waals surface area contributed by atoms with Gasteiger partial charge in [0.1, 0.15) is 5.82 Å². The van der Waals surface area contributed by atoms with Gasteiger partial charge in [0.25, 0.3) is 0 Å². The van der Waals surface area contributed by atoms with Gasteiger partial charge in [0.05, 0.1) is 0 Å². The van der Waals surface area contributed by atoms with Crippen molar-refractivity contribution in [2.75, 3.05) is 0 Å². The van der Waals surface area contributed by atoms with Crippen LogP contribution in [0.3, 0.4) is 0 Å². The van der Waals surface area contributed by atoms with Gasteiger partial charge in [-0.1, -0.05) is 13.3 Å². The molecule has 3 heteroatoms. The van der Waals surface area contributed by atoms with E-state index in [4.69, 9.17) is 5.73 Å². The minimum atomic E-state index is 0.181. The van der Waals surface area contributed by atoms with Crippen molar-refractivity contribution in [3.05, 3.63) is 23.8 Å². The van der Waals surface area contributed by atoms with E-state index in [2.05, 4.69) is 16.9 Å². The van der Waals surface area contributed by atoms with Crippen LogP contribution in [0.1, 0.15) is 38.1 Å². The van der Waals surface area contributed by atoms with Crippen molar-refractivity contribution in [1.82, 2.24) is 9.97 Å². The van der Waals surface area contributed by atoms with Crippen LogP contribution in [0.25, 0.3) is 0 Å². The number of rotatable bonds is 5. The Balaban J connectivity index is 2.50. The summed E-state index contributed by atoms with van der Waals surface area (Å²) in [6.45, 7) is 4.16. The van der Waals surface area contributed by atoms with E-state index in [0.717, 1.165) is 30.7 Å². The van der Waals surface area contributed by atoms with E-state index in [9.17, 15) is 0 Å². The summed E-state index contributed by atoms with van der Waals surface area (Å²) in [6.07, 6.45) is 7.96. The van der Waals surface area contributed by atoms with Crippen molar-refractivity contribution in [2.45, 2.75) is 45.6 Å². The normalized spacial score (nSPS) is 12.8. The van der Waals surface area contributed by atoms with Crippen LogP contribution in [0.4, 0.5) is 0 Å². The molecule has 0 spiro atoms. The van der Waals surface area contributed by atoms with E-state index in [-0.39, 0.29) is 6.04 Å². The largest absolute Gasteiger partial charge is 0.328 e. The van der Waals surface area contributed by atoms with Gasteiger partial charge in [-0.2, -0.15) is 0 Å². The van der Waals surface area contributed by atoms with E-state index in [1.165, 1.54) is 6.42 Å². The number of nitrogens with two attached hydrogens (primary N) is 1. The van der Waals surface area contributed by atoms with E-state index in [1.807, 2.05) is 19.3 Å². The SMILES string of the molecule is CCCCc1ncc(CC(C)N)cn1. The van der Waals surface area contributed by atoms with Gasteiger partial charge in [-0.15, -0.1) is 0 Å². The lowest BCUT2D eigenvalue weighted by molar-refractivity contribution is 0.717. The summed E-state index contributed by atoms with van der Waals surface area (Å²) in [4.78, 5) is 8.61. The minimum absolute atomic E-state index is 0.181. The Morgan fingerprint density at radius 1 is 1.36 bits per heavy atom. The topological polar surface area (TPSA) is 51.8 Å². The number of hydrogen-bond donors (Lipinski definition) is 1. The lowest BCUT2D eigenvalue weighted by atomic mass is 10.1. The van der Waals surface area contributed by atoms with Gasteiger partial charge in [0.2, 0.25) is 0 Å². The van der Waals surface area contributed by atoms with Crippen molar-refractivity contribution in [1.29, 1.82) is 0 Å². The standard InChI is InChI=1S/C11H19N3/c1-3-4-5-11-13-7-10(8-14-11)6-9(2)12/h7-9H,3-6,12H2,1-2H3. The molecule has 0 saturated carbocycles. The van der Waals surface area contributed by atoms with Gasteiger partial charge in [-0.05, 0) is 25.3 Å². The van der Waals surface area contributed by atoms with Crippen molar-refractivity contribution >= 4 is 0 Å². The average Bonchev–Trinajstić information content (AvgIpc) is 2.16. The molecule has 0 amide bonds. The smallest absolute Gasteiger partial charge is 0.128 e. The molecule has 2 N–H and O–H groups in total. The van der Waals surface area contributed by atoms with Gasteiger partial charge in [0, 0.05) is 24.9 Å². The first kappa shape index (κ1) is 11.1. The molecule has 0 fully saturated rings. The fourth-order valence-corrected chi connectivity index (χ4v) is 1.32. The highest BCUT2D eigenvalue weighted by molar-refractivity contribution is 5.06. The minimum Gasteiger partial charge on any atom is -0.328 e. The van der Waals surface area contributed by atoms with E-state index in [0.29, 0.717) is 0 Å². The highest BCUT2D eigenvalue weighted by Crippen LogP contribution is 2.02. The Kier molecular flexibility index (Phi) is 4.53. The Bertz CT molecular complexity index is 254. The van der Waals surface area contributed by atoms with Crippen LogP contribution in [0, 0.1) is 0 Å². The zero-order chi connectivity index (χ0) is 10.4. The van der Waals surface area contributed by atoms with Crippen LogP contribution in [0.5, 0.6) is 0 Å². The highest BCUT2D eigenvalue weighted by atomic mass is 14.9. The molecule has 0 aliphatic carbocycles. The summed E-state index contributed by atoms with van der Waals surface area (Å²) < 4.78 is 0. The van der Waals surface area contributed by atoms with Crippen LogP contribution >= 0.6 is 0 Å². The first-order valence-corrected chi connectivity index (χ1v) is 5.27. The molecule has 0 aliphatic rings. The van der Waals surface area contributed by atoms with Crippen molar-refractivity contribution in [2.24, 2.45) is 5.73 Å². The third-order valence-corrected chi connectivity index (χ3v) is 2.07. The lowest BCUT2D eigenvalue weighted by Crippen LogP contribution is -2.18. The van der Waals surface area contributed by atoms with Crippen molar-refractivity contribution < 1.29 is 0 Å². The average molecular weight is 193 g/mol. The van der Waals surface area contributed by atoms with Crippen LogP contribution in [-0.4, -0.2) is 16.0 Å². The Hall–Kier alpha value is -0.960. The maximum Gasteiger partial charge on any atom is 0.128 e. The van der Waals surface area contributed by atoms with Crippen molar-refractivity contribution in [3.8, 4) is 0 Å². The fourth-order valence-electron chi connectivity index (χ4n) is 1.32. The molecule has 0 radical (unpaired) electrons. The number of aryl methyl sites for hydroxylation is 1. The molecule has 1 aromatic rings. The van der Waals surface area contributed by atoms with Gasteiger partial charge in [-0.3, -0.25) is 0 Å². The molecule has 1 heterocycles. The third-order valence-electron chi connectivity index (χ3n) is 2.07. The second kappa shape index (κ2) is 5.70. The number of hydrogen-bond acceptors (Lipinski definition) is 3. The summed E-state index contributed by atoms with van der Waals surface area (Å²) in [5, 5.41) is 0. The second-order valence-corrected chi connectivity index (χ2v) is 3.79. The Labute approximate surface area is 85.8 Å². The zero-order valence-electron chi connectivity index (χ0n) is 9.03. The molecular formula is C11H19N3. The van der Waals surface area contributed by atoms with Gasteiger partial charge in [-0.25, -0.2) is 9.97 Å². The zero-order valence-corrected chi connectivity index (χ0v) is 9.03. The lowest BCUT2D eigenvalue weighted by Gasteiger charge is -2.04. The van der Waals surface area contributed by atoms with E-state index >= 15 is 0 Å². The number of aromatic nitrogens is 2. The molecule has 3 nitrogen and oxygen atoms in total. The molecule has 78 valence electrons. The van der Waals surface area contributed by atoms with Gasteiger partial charge < -0.3 is 5.73 Å². The first-order chi connectivity index (χ1) is 6.72. The van der Waals surface area contributed by atoms with Crippen LogP contribution in [-0.2, 0) is 12.8 Å². The molecule has 1 unspecified atom stereocenters. The molecular weight excluding hydrogens is 174 g/mol. The maximum absolute atomic E-state index is 5.69. The molecule has 1 atom stereocenters. The van der Waals surface area contributed by atoms with E-state index in [1.54, 1.807) is 0 Å². The summed E-state index contributed by atoms with van der Waals surface area (Å²) in [7, 11) is 0. The second-order valence-electron chi connectivity index (χ2n) is 3.79. The first-order valence-electron chi connectivity index (χ1n) is 5.27. The Morgan fingerprint density at radius 3 is 2.50 bits per heavy atom. The predicted octanol–water partition coefficient (Wildman–Crippen LogP) is 1.71. The summed E-state index contributed by atoms with van der Waals surface area (Å²) in [6, 6.07) is 0.181. The summed E-state index contributed by atoms with van der Waals surface area (Å²) in [5.41, 5.74) is 6.81. The van der Waals surface area contributed by atoms with Gasteiger partial charge in [0.15, 0.2) is 0 Å². The quantitative estimate of drug-likeness (QED) is 0.774. The predicted molar refractivity (Wildman–Crippen MR) is 58.0 cm³/mol. The maximum atomic E-state index is 5.69. The molecule has 0 bridgehead atoms. The Morgan fingerprint density at radius 2 is 2.00 bits per heavy atom.